The second-order valence-corrected chi connectivity index (χ2v) is 8.04. The zero-order valence-electron chi connectivity index (χ0n) is 17.4. The van der Waals surface area contributed by atoms with Gasteiger partial charge in [-0.25, -0.2) is 9.18 Å². The first-order valence-corrected chi connectivity index (χ1v) is 9.76. The van der Waals surface area contributed by atoms with E-state index in [1.54, 1.807) is 24.8 Å². The molecule has 3 amide bonds. The molecule has 1 aromatic heterocycles. The van der Waals surface area contributed by atoms with Crippen molar-refractivity contribution in [2.45, 2.75) is 44.8 Å². The number of rotatable bonds is 5. The lowest BCUT2D eigenvalue weighted by Crippen LogP contribution is -2.40. The van der Waals surface area contributed by atoms with Crippen LogP contribution in [0.2, 0.25) is 0 Å². The molecule has 2 aromatic rings. The molecule has 3 rings (SSSR count). The maximum absolute atomic E-state index is 13.8. The minimum absolute atomic E-state index is 0.0325. The van der Waals surface area contributed by atoms with Crippen molar-refractivity contribution in [1.29, 1.82) is 0 Å². The molecule has 2 atom stereocenters. The molecule has 2 heterocycles. The highest BCUT2D eigenvalue weighted by molar-refractivity contribution is 6.05. The molecule has 162 valence electrons. The van der Waals surface area contributed by atoms with Gasteiger partial charge >= 0.3 is 6.09 Å². The average molecular weight is 419 g/mol. The van der Waals surface area contributed by atoms with Gasteiger partial charge in [-0.15, -0.1) is 0 Å². The number of hydrogen-bond donors (Lipinski definition) is 2. The summed E-state index contributed by atoms with van der Waals surface area (Å²) >= 11 is 0. The Hall–Kier alpha value is -3.17. The predicted molar refractivity (Wildman–Crippen MR) is 108 cm³/mol. The van der Waals surface area contributed by atoms with E-state index in [2.05, 4.69) is 10.4 Å². The standard InChI is InChI=1S/C20H26FN5O4/c1-11(2)26-16-6-5-12(21)7-15(16)18(23-26)19(28)22-13-8-14(9-17(27)24(3)4)25(10-13)20(29)30/h5-7,11,13-14H,8-10H2,1-4H3,(H,22,28)(H,29,30)/t13-,14-/m0/s1. The zero-order chi connectivity index (χ0) is 22.2. The molecule has 9 nitrogen and oxygen atoms in total. The Kier molecular flexibility index (Phi) is 5.95. The molecule has 0 spiro atoms. The van der Waals surface area contributed by atoms with Gasteiger partial charge in [0.05, 0.1) is 5.52 Å². The van der Waals surface area contributed by atoms with Gasteiger partial charge in [0.15, 0.2) is 5.69 Å². The lowest BCUT2D eigenvalue weighted by molar-refractivity contribution is -0.129. The number of amides is 3. The van der Waals surface area contributed by atoms with Crippen LogP contribution in [-0.2, 0) is 4.79 Å². The van der Waals surface area contributed by atoms with Crippen LogP contribution in [0.1, 0.15) is 43.2 Å². The fourth-order valence-corrected chi connectivity index (χ4v) is 3.76. The Bertz CT molecular complexity index is 987. The second-order valence-electron chi connectivity index (χ2n) is 8.04. The monoisotopic (exact) mass is 419 g/mol. The number of carbonyl (C=O) groups is 3. The molecule has 1 fully saturated rings. The summed E-state index contributed by atoms with van der Waals surface area (Å²) in [7, 11) is 3.22. The third-order valence-corrected chi connectivity index (χ3v) is 5.28. The van der Waals surface area contributed by atoms with E-state index >= 15 is 0 Å². The van der Waals surface area contributed by atoms with Gasteiger partial charge in [0, 0.05) is 50.6 Å². The van der Waals surface area contributed by atoms with Gasteiger partial charge in [0.1, 0.15) is 5.82 Å². The topological polar surface area (TPSA) is 108 Å². The number of hydrogen-bond acceptors (Lipinski definition) is 4. The number of likely N-dealkylation sites (tertiary alicyclic amines) is 1. The van der Waals surface area contributed by atoms with Crippen LogP contribution in [0.4, 0.5) is 9.18 Å². The van der Waals surface area contributed by atoms with Crippen LogP contribution in [0.25, 0.3) is 10.9 Å². The molecule has 0 bridgehead atoms. The number of nitrogens with zero attached hydrogens (tertiary/aromatic N) is 4. The van der Waals surface area contributed by atoms with Crippen molar-refractivity contribution < 1.29 is 23.9 Å². The Labute approximate surface area is 173 Å². The Morgan fingerprint density at radius 3 is 2.63 bits per heavy atom. The molecule has 1 aromatic carbocycles. The fraction of sp³-hybridized carbons (Fsp3) is 0.500. The lowest BCUT2D eigenvalue weighted by atomic mass is 10.1. The molecule has 0 aliphatic carbocycles. The number of aromatic nitrogens is 2. The summed E-state index contributed by atoms with van der Waals surface area (Å²) in [5, 5.41) is 17.0. The normalized spacial score (nSPS) is 18.8. The van der Waals surface area contributed by atoms with Gasteiger partial charge in [-0.2, -0.15) is 5.10 Å². The maximum atomic E-state index is 13.8. The minimum Gasteiger partial charge on any atom is -0.465 e. The zero-order valence-corrected chi connectivity index (χ0v) is 17.4. The van der Waals surface area contributed by atoms with Crippen LogP contribution in [0.5, 0.6) is 0 Å². The fourth-order valence-electron chi connectivity index (χ4n) is 3.76. The minimum atomic E-state index is -1.14. The highest BCUT2D eigenvalue weighted by Gasteiger charge is 2.38. The van der Waals surface area contributed by atoms with E-state index in [0.29, 0.717) is 17.3 Å². The Balaban J connectivity index is 1.81. The first-order valence-electron chi connectivity index (χ1n) is 9.76. The van der Waals surface area contributed by atoms with E-state index < -0.39 is 29.9 Å². The molecule has 0 saturated carbocycles. The molecule has 10 heteroatoms. The van der Waals surface area contributed by atoms with Crippen molar-refractivity contribution in [3.8, 4) is 0 Å². The Morgan fingerprint density at radius 2 is 2.03 bits per heavy atom. The number of halogens is 1. The highest BCUT2D eigenvalue weighted by Crippen LogP contribution is 2.25. The smallest absolute Gasteiger partial charge is 0.407 e. The molecule has 1 aliphatic rings. The van der Waals surface area contributed by atoms with Crippen LogP contribution >= 0.6 is 0 Å². The van der Waals surface area contributed by atoms with Gasteiger partial charge < -0.3 is 20.2 Å². The molecule has 0 unspecified atom stereocenters. The van der Waals surface area contributed by atoms with E-state index in [1.807, 2.05) is 13.8 Å². The van der Waals surface area contributed by atoms with Crippen LogP contribution in [-0.4, -0.2) is 75.3 Å². The van der Waals surface area contributed by atoms with Gasteiger partial charge in [-0.05, 0) is 38.5 Å². The maximum Gasteiger partial charge on any atom is 0.407 e. The van der Waals surface area contributed by atoms with E-state index in [0.717, 1.165) is 0 Å². The summed E-state index contributed by atoms with van der Waals surface area (Å²) in [5.74, 6) is -1.16. The second kappa shape index (κ2) is 8.29. The van der Waals surface area contributed by atoms with E-state index in [4.69, 9.17) is 0 Å². The molecule has 30 heavy (non-hydrogen) atoms. The number of nitrogens with one attached hydrogen (secondary N) is 1. The molecular formula is C20H26FN5O4. The first-order chi connectivity index (χ1) is 14.1. The van der Waals surface area contributed by atoms with Crippen molar-refractivity contribution in [3.05, 3.63) is 29.7 Å². The van der Waals surface area contributed by atoms with E-state index in [1.165, 1.54) is 21.9 Å². The molecule has 2 N–H and O–H groups in total. The van der Waals surface area contributed by atoms with Crippen LogP contribution in [0, 0.1) is 5.82 Å². The van der Waals surface area contributed by atoms with Gasteiger partial charge in [-0.1, -0.05) is 0 Å². The summed E-state index contributed by atoms with van der Waals surface area (Å²) in [6.07, 6.45) is -0.781. The SMILES string of the molecule is CC(C)n1nc(C(=O)N[C@H]2C[C@@H](CC(=O)N(C)C)N(C(=O)O)C2)c2cc(F)ccc21. The summed E-state index contributed by atoms with van der Waals surface area (Å²) in [6, 6.07) is 3.14. The molecule has 1 aliphatic heterocycles. The number of carbonyl (C=O) groups excluding carboxylic acids is 2. The van der Waals surface area contributed by atoms with Crippen molar-refractivity contribution in [1.82, 2.24) is 24.9 Å². The van der Waals surface area contributed by atoms with Crippen molar-refractivity contribution >= 4 is 28.8 Å². The Morgan fingerprint density at radius 1 is 1.33 bits per heavy atom. The van der Waals surface area contributed by atoms with Gasteiger partial charge in [0.25, 0.3) is 5.91 Å². The van der Waals surface area contributed by atoms with E-state index in [-0.39, 0.29) is 30.6 Å². The number of benzene rings is 1. The van der Waals surface area contributed by atoms with E-state index in [9.17, 15) is 23.9 Å². The van der Waals surface area contributed by atoms with Gasteiger partial charge in [0.2, 0.25) is 5.91 Å². The quantitative estimate of drug-likeness (QED) is 0.772. The summed E-state index contributed by atoms with van der Waals surface area (Å²) in [5.41, 5.74) is 0.734. The third-order valence-electron chi connectivity index (χ3n) is 5.28. The van der Waals surface area contributed by atoms with Crippen LogP contribution < -0.4 is 5.32 Å². The third kappa shape index (κ3) is 4.22. The summed E-state index contributed by atoms with van der Waals surface area (Å²) in [6.45, 7) is 3.89. The molecular weight excluding hydrogens is 393 g/mol. The molecule has 0 radical (unpaired) electrons. The lowest BCUT2D eigenvalue weighted by Gasteiger charge is -2.22. The highest BCUT2D eigenvalue weighted by atomic mass is 19.1. The van der Waals surface area contributed by atoms with Crippen molar-refractivity contribution in [2.75, 3.05) is 20.6 Å². The summed E-state index contributed by atoms with van der Waals surface area (Å²) < 4.78 is 15.4. The van der Waals surface area contributed by atoms with Gasteiger partial charge in [-0.3, -0.25) is 14.3 Å². The number of carboxylic acid groups (broad SMARTS) is 1. The predicted octanol–water partition coefficient (Wildman–Crippen LogP) is 2.09. The summed E-state index contributed by atoms with van der Waals surface area (Å²) in [4.78, 5) is 39.1. The van der Waals surface area contributed by atoms with Crippen LogP contribution in [0.15, 0.2) is 18.2 Å². The number of fused-ring (bicyclic) bond motifs is 1. The van der Waals surface area contributed by atoms with Crippen molar-refractivity contribution in [2.24, 2.45) is 0 Å². The molecule has 1 saturated heterocycles. The van der Waals surface area contributed by atoms with Crippen LogP contribution in [0.3, 0.4) is 0 Å². The average Bonchev–Trinajstić information content (AvgIpc) is 3.22. The largest absolute Gasteiger partial charge is 0.465 e. The first kappa shape index (κ1) is 21.5. The van der Waals surface area contributed by atoms with Crippen molar-refractivity contribution in [3.63, 3.8) is 0 Å².